The predicted octanol–water partition coefficient (Wildman–Crippen LogP) is -6.39. The Kier molecular flexibility index (Phi) is 41.5. The lowest BCUT2D eigenvalue weighted by atomic mass is 9.73. The summed E-state index contributed by atoms with van der Waals surface area (Å²) in [6.45, 7) is 5.99. The smallest absolute Gasteiger partial charge is 0.327 e. The van der Waals surface area contributed by atoms with Crippen molar-refractivity contribution in [2.75, 3.05) is 71.4 Å². The number of likely N-dealkylation sites (tertiary alicyclic amines) is 4. The second kappa shape index (κ2) is 50.4. The van der Waals surface area contributed by atoms with Gasteiger partial charge in [0.05, 0.1) is 49.4 Å². The van der Waals surface area contributed by atoms with Gasteiger partial charge in [-0.05, 0) is 121 Å². The molecule has 0 bridgehead atoms. The van der Waals surface area contributed by atoms with Crippen LogP contribution in [0, 0.1) is 35.0 Å². The second-order valence-corrected chi connectivity index (χ2v) is 35.1. The maximum Gasteiger partial charge on any atom is 0.327 e. The number of aliphatic carboxylic acids is 1. The normalized spacial score (nSPS) is 20.8. The van der Waals surface area contributed by atoms with E-state index in [0.29, 0.717) is 50.6 Å². The van der Waals surface area contributed by atoms with Gasteiger partial charge in [-0.3, -0.25) is 96.6 Å². The Bertz CT molecular complexity index is 4070. The summed E-state index contributed by atoms with van der Waals surface area (Å²) >= 11 is 0.896. The Balaban J connectivity index is 1.08. The summed E-state index contributed by atoms with van der Waals surface area (Å²) in [5.74, 6) is -18.3. The minimum Gasteiger partial charge on any atom is -0.480 e. The number of Topliss-reactive ketones (excluding diaryl/α,β-unsaturated/α-hetero) is 3. The average Bonchev–Trinajstić information content (AvgIpc) is 1.65. The molecule has 126 heavy (non-hydrogen) atoms. The molecule has 702 valence electrons. The number of nitrogens with one attached hydrogen (secondary N) is 8. The zero-order chi connectivity index (χ0) is 93.4. The van der Waals surface area contributed by atoms with Crippen molar-refractivity contribution in [1.82, 2.24) is 66.8 Å². The lowest BCUT2D eigenvalue weighted by Crippen LogP contribution is -2.59. The van der Waals surface area contributed by atoms with Gasteiger partial charge in [0.25, 0.3) is 0 Å². The highest BCUT2D eigenvalue weighted by Gasteiger charge is 2.48. The Morgan fingerprint density at radius 2 is 1.11 bits per heavy atom. The highest BCUT2D eigenvalue weighted by molar-refractivity contribution is 8.00. The topological polar surface area (TPSA) is 742 Å². The number of H-pyrrole nitrogens is 1. The fraction of sp³-hybridized carbons (Fsp3) is 0.713. The predicted molar refractivity (Wildman–Crippen MR) is 458 cm³/mol. The number of imidazole rings is 1. The Morgan fingerprint density at radius 1 is 0.579 bits per heavy atom. The largest absolute Gasteiger partial charge is 0.480 e. The van der Waals surface area contributed by atoms with Crippen molar-refractivity contribution in [3.05, 3.63) is 18.2 Å². The maximum atomic E-state index is 14.8. The summed E-state index contributed by atoms with van der Waals surface area (Å²) in [6.07, 6.45) is 4.48. The van der Waals surface area contributed by atoms with Gasteiger partial charge >= 0.3 is 5.97 Å². The van der Waals surface area contributed by atoms with Gasteiger partial charge in [0.1, 0.15) is 60.2 Å². The number of thioether (sulfide) groups is 1. The lowest BCUT2D eigenvalue weighted by Gasteiger charge is -2.33. The van der Waals surface area contributed by atoms with Crippen LogP contribution in [-0.2, 0) is 87.9 Å². The van der Waals surface area contributed by atoms with E-state index in [-0.39, 0.29) is 171 Å². The zero-order valence-electron chi connectivity index (χ0n) is 72.3. The molecule has 45 nitrogen and oxygen atoms in total. The number of carbonyl (C=O) groups is 17. The van der Waals surface area contributed by atoms with E-state index in [2.05, 4.69) is 62.2 Å². The van der Waals surface area contributed by atoms with Gasteiger partial charge in [-0.2, -0.15) is 0 Å². The lowest BCUT2D eigenvalue weighted by molar-refractivity contribution is -0.148. The number of primary amides is 1. The number of imide groups is 1. The number of aliphatic hydroxyl groups is 3. The van der Waals surface area contributed by atoms with Crippen LogP contribution >= 0.6 is 11.8 Å². The third-order valence-corrected chi connectivity index (χ3v) is 24.7. The summed E-state index contributed by atoms with van der Waals surface area (Å²) in [4.78, 5) is 260. The number of amides is 13. The molecule has 0 radical (unpaired) electrons. The maximum absolute atomic E-state index is 14.8. The fourth-order valence-corrected chi connectivity index (χ4v) is 17.3. The van der Waals surface area contributed by atoms with Gasteiger partial charge in [-0.15, -0.1) is 11.8 Å². The van der Waals surface area contributed by atoms with Gasteiger partial charge in [-0.1, -0.05) is 41.0 Å². The number of aliphatic imine (C=N–C) groups is 3. The van der Waals surface area contributed by atoms with Crippen LogP contribution in [-0.4, -0.2) is 311 Å². The molecule has 1 aromatic heterocycles. The minimum absolute atomic E-state index is 0.00553. The highest BCUT2D eigenvalue weighted by atomic mass is 32.2. The number of hydrogen-bond acceptors (Lipinski definition) is 26. The molecule has 5 fully saturated rings. The number of carboxylic acids is 1. The quantitative estimate of drug-likeness (QED) is 0.0125. The molecule has 1 saturated carbocycles. The number of nitrogens with zero attached hydrogens (tertiary/aromatic N) is 8. The molecule has 4 aliphatic heterocycles. The molecular weight excluding hydrogens is 1670 g/mol. The van der Waals surface area contributed by atoms with Crippen molar-refractivity contribution in [3.8, 4) is 0 Å². The molecule has 0 aromatic carbocycles. The van der Waals surface area contributed by atoms with Crippen molar-refractivity contribution in [2.24, 2.45) is 95.9 Å². The molecule has 13 amide bonds. The number of rotatable bonds is 52. The summed E-state index contributed by atoms with van der Waals surface area (Å²) < 4.78 is 0. The van der Waals surface area contributed by atoms with Crippen molar-refractivity contribution in [3.63, 3.8) is 0 Å². The molecule has 4 saturated heterocycles. The third-order valence-electron chi connectivity index (χ3n) is 23.4. The van der Waals surface area contributed by atoms with Crippen molar-refractivity contribution in [2.45, 2.75) is 254 Å². The number of aromatic nitrogens is 2. The van der Waals surface area contributed by atoms with Crippen LogP contribution in [0.1, 0.15) is 182 Å². The van der Waals surface area contributed by atoms with Crippen LogP contribution < -0.4 is 83.1 Å². The number of guanidine groups is 3. The van der Waals surface area contributed by atoms with Crippen LogP contribution in [0.5, 0.6) is 0 Å². The number of ketones is 3. The first-order chi connectivity index (χ1) is 59.6. The molecule has 5 heterocycles. The van der Waals surface area contributed by atoms with E-state index >= 15 is 0 Å². The van der Waals surface area contributed by atoms with E-state index in [9.17, 15) is 102 Å². The number of carboxylic acid groups (broad SMARTS) is 1. The molecule has 1 aliphatic carbocycles. The molecule has 15 atom stereocenters. The molecule has 2 unspecified atom stereocenters. The number of aromatic amines is 1. The number of nitrogens with two attached hydrogens (primary N) is 8. The van der Waals surface area contributed by atoms with Gasteiger partial charge < -0.3 is 123 Å². The van der Waals surface area contributed by atoms with Crippen molar-refractivity contribution < 1.29 is 102 Å². The first-order valence-corrected chi connectivity index (χ1v) is 44.0. The first-order valence-electron chi connectivity index (χ1n) is 43.0. The fourth-order valence-electron chi connectivity index (χ4n) is 16.1. The van der Waals surface area contributed by atoms with E-state index in [1.54, 1.807) is 13.8 Å². The SMILES string of the molecule is CC[C@H](C)C(NC(=O)[C@H](CO)NC(=O)[C@H](CCCN=C(N)N)CC(=O)[C@@H]1CCCN1C(=O)[C@@H]1CCCN1C(=O)[C@H](CCC(N)=O)NC(=O)[C@H](CCCN=C(N)N)NC(=O)[C@@H](N)CCCN=C(N)N)C(=O)N[C@@H](CO)C(=O)C[C@@H](CO)C(=O)N[C@@H](Cc1cnc[nH]1)C(=O)N1CCC[C@H]1C(=O)N[C@@H](CSC1CC(=O)N(CC2CCC(C(=O)C(C)(C)C)CC2)C1=O)C(=O)O. The Labute approximate surface area is 734 Å². The van der Waals surface area contributed by atoms with E-state index in [1.165, 1.54) is 27.2 Å². The minimum atomic E-state index is -1.81. The molecule has 46 heteroatoms. The molecule has 28 N–H and O–H groups in total. The molecular formula is C80H130N24O21S. The molecule has 0 spiro atoms. The third kappa shape index (κ3) is 31.2. The van der Waals surface area contributed by atoms with E-state index in [0.717, 1.165) is 16.7 Å². The van der Waals surface area contributed by atoms with Crippen molar-refractivity contribution in [1.29, 1.82) is 0 Å². The van der Waals surface area contributed by atoms with Crippen LogP contribution in [0.4, 0.5) is 0 Å². The van der Waals surface area contributed by atoms with Gasteiger partial charge in [0.2, 0.25) is 76.8 Å². The zero-order valence-corrected chi connectivity index (χ0v) is 73.2. The van der Waals surface area contributed by atoms with Crippen LogP contribution in [0.2, 0.25) is 0 Å². The van der Waals surface area contributed by atoms with Gasteiger partial charge in [-0.25, -0.2) is 9.78 Å². The van der Waals surface area contributed by atoms with Crippen LogP contribution in [0.3, 0.4) is 0 Å². The van der Waals surface area contributed by atoms with E-state index in [4.69, 9.17) is 45.9 Å². The Hall–Kier alpha value is -11.0. The monoisotopic (exact) mass is 1790 g/mol. The highest BCUT2D eigenvalue weighted by Crippen LogP contribution is 2.37. The van der Waals surface area contributed by atoms with Crippen molar-refractivity contribution >= 4 is 130 Å². The van der Waals surface area contributed by atoms with E-state index < -0.39 is 228 Å². The van der Waals surface area contributed by atoms with Gasteiger partial charge in [0.15, 0.2) is 29.4 Å². The molecule has 6 rings (SSSR count). The summed E-state index contributed by atoms with van der Waals surface area (Å²) in [7, 11) is 0. The van der Waals surface area contributed by atoms with Gasteiger partial charge in [0, 0.05) is 113 Å². The Morgan fingerprint density at radius 3 is 1.67 bits per heavy atom. The average molecular weight is 1800 g/mol. The first kappa shape index (κ1) is 104. The summed E-state index contributed by atoms with van der Waals surface area (Å²) in [5.41, 5.74) is 44.5. The number of carbonyl (C=O) groups excluding carboxylic acids is 16. The number of aliphatic hydroxyl groups excluding tert-OH is 3. The summed E-state index contributed by atoms with van der Waals surface area (Å²) in [5, 5.41) is 59.0. The van der Waals surface area contributed by atoms with E-state index in [1.807, 2.05) is 20.8 Å². The molecule has 1 aromatic rings. The summed E-state index contributed by atoms with van der Waals surface area (Å²) in [6, 6.07) is -15.8. The standard InChI is InChI=1S/C80H130N24O21S/c1-6-42(2)63(71(119)97-52(38-106)58(108)32-46(37-105)66(114)96-51(33-47-35-89-41-93-47)73(121)102-29-11-17-56(102)70(118)99-54(76(124)125)40-126-60-34-62(111)104(75(60)123)36-43-19-21-44(22-20-43)64(112)80(3,4)5)100-69(117)53(39-107)98-65(113)45(13-7-25-90-77(83)84)31-59(109)55-16-10-28-101(55)74(122)57-18-12-30-103(57)72(120)50(23-24-61(82)110)95-68(116)49(15-9-27-92-79(87)88)94-67(115)48(81)14-8-26-91-78(85)86/h35,41-46,48-57,60,63,105-107H,6-34,36-40,81H2,1-5H3,(H2,82,110)(H,89,93)(H,94,115)(H,95,116)(H,96,114)(H,97,119)(H,98,113)(H,99,118)(H,100,117)(H,124,125)(H4,83,84,90)(H4,85,86,91)(H4,87,88,92)/t42-,43?,44?,45+,46-,48-,49-,50-,51-,52-,53-,54-,55-,56-,57-,60?,63?/m0/s1. The second-order valence-electron chi connectivity index (χ2n) is 33.9. The van der Waals surface area contributed by atoms with Crippen LogP contribution in [0.25, 0.3) is 0 Å². The number of hydrogen-bond donors (Lipinski definition) is 20. The van der Waals surface area contributed by atoms with Crippen LogP contribution in [0.15, 0.2) is 27.5 Å². The molecule has 5 aliphatic rings.